The van der Waals surface area contributed by atoms with Crippen LogP contribution in [0.4, 0.5) is 5.69 Å². The van der Waals surface area contributed by atoms with Crippen LogP contribution < -0.4 is 5.32 Å². The van der Waals surface area contributed by atoms with Gasteiger partial charge in [-0.2, -0.15) is 0 Å². The molecule has 4 N–H and O–H groups in total. The van der Waals surface area contributed by atoms with E-state index in [4.69, 9.17) is 0 Å². The van der Waals surface area contributed by atoms with Crippen molar-refractivity contribution in [2.75, 3.05) is 5.32 Å². The van der Waals surface area contributed by atoms with E-state index in [1.54, 1.807) is 30.3 Å². The first-order chi connectivity index (χ1) is 16.3. The van der Waals surface area contributed by atoms with Crippen molar-refractivity contribution < 1.29 is 28.5 Å². The van der Waals surface area contributed by atoms with Gasteiger partial charge in [0.25, 0.3) is 5.91 Å². The van der Waals surface area contributed by atoms with E-state index >= 15 is 0 Å². The Kier molecular flexibility index (Phi) is 5.02. The number of hydrogen-bond acceptors (Lipinski definition) is 6. The quantitative estimate of drug-likeness (QED) is 0.286. The van der Waals surface area contributed by atoms with E-state index in [1.165, 1.54) is 18.2 Å². The highest BCUT2D eigenvalue weighted by Crippen LogP contribution is 2.44. The van der Waals surface area contributed by atoms with Crippen molar-refractivity contribution in [1.29, 1.82) is 0 Å². The topological polar surface area (TPSA) is 124 Å². The molecule has 34 heavy (non-hydrogen) atoms. The highest BCUT2D eigenvalue weighted by Gasteiger charge is 2.33. The molecule has 0 radical (unpaired) electrons. The highest BCUT2D eigenvalue weighted by molar-refractivity contribution is 7.92. The minimum Gasteiger partial charge on any atom is -0.504 e. The summed E-state index contributed by atoms with van der Waals surface area (Å²) >= 11 is 0. The minimum atomic E-state index is -3.72. The number of sulfone groups is 1. The molecule has 1 aliphatic heterocycles. The van der Waals surface area contributed by atoms with E-state index < -0.39 is 33.0 Å². The van der Waals surface area contributed by atoms with E-state index in [2.05, 4.69) is 5.32 Å². The maximum atomic E-state index is 13.0. The fourth-order valence-electron chi connectivity index (χ4n) is 4.11. The fourth-order valence-corrected chi connectivity index (χ4v) is 5.82. The lowest BCUT2D eigenvalue weighted by molar-refractivity contribution is 0.102. The van der Waals surface area contributed by atoms with E-state index in [0.29, 0.717) is 11.1 Å². The van der Waals surface area contributed by atoms with E-state index in [9.17, 15) is 28.5 Å². The number of rotatable bonds is 4. The van der Waals surface area contributed by atoms with Crippen molar-refractivity contribution in [1.82, 2.24) is 0 Å². The Bertz CT molecular complexity index is 1560. The summed E-state index contributed by atoms with van der Waals surface area (Å²) in [7, 11) is -3.72. The zero-order chi connectivity index (χ0) is 24.0. The lowest BCUT2D eigenvalue weighted by Crippen LogP contribution is -2.13. The van der Waals surface area contributed by atoms with Crippen molar-refractivity contribution in [2.45, 2.75) is 16.2 Å². The average molecular weight is 474 g/mol. The molecule has 0 bridgehead atoms. The van der Waals surface area contributed by atoms with Crippen LogP contribution in [0.25, 0.3) is 11.1 Å². The van der Waals surface area contributed by atoms with Gasteiger partial charge in [-0.3, -0.25) is 4.79 Å². The number of carbonyl (C=O) groups is 1. The molecule has 0 unspecified atom stereocenters. The Morgan fingerprint density at radius 3 is 2.18 bits per heavy atom. The lowest BCUT2D eigenvalue weighted by atomic mass is 9.99. The molecule has 8 heteroatoms. The van der Waals surface area contributed by atoms with Crippen molar-refractivity contribution in [3.8, 4) is 28.4 Å². The van der Waals surface area contributed by atoms with Crippen LogP contribution >= 0.6 is 0 Å². The molecule has 1 amide bonds. The van der Waals surface area contributed by atoms with Crippen LogP contribution in [0.3, 0.4) is 0 Å². The SMILES string of the molecule is O=C(Nc1ccc2c(c1)S(=O)(=O)c1ccccc1-2)c1cc(Cc2ccccc2)c(O)c(O)c1O. The van der Waals surface area contributed by atoms with Gasteiger partial charge in [-0.1, -0.05) is 54.6 Å². The second kappa shape index (κ2) is 7.93. The summed E-state index contributed by atoms with van der Waals surface area (Å²) in [4.78, 5) is 13.3. The maximum Gasteiger partial charge on any atom is 0.259 e. The third-order valence-corrected chi connectivity index (χ3v) is 7.66. The monoisotopic (exact) mass is 473 g/mol. The molecule has 1 heterocycles. The summed E-state index contributed by atoms with van der Waals surface area (Å²) in [5.74, 6) is -2.85. The second-order valence-corrected chi connectivity index (χ2v) is 9.84. The number of fused-ring (bicyclic) bond motifs is 3. The van der Waals surface area contributed by atoms with Gasteiger partial charge in [-0.05, 0) is 29.8 Å². The van der Waals surface area contributed by atoms with Gasteiger partial charge in [-0.25, -0.2) is 8.42 Å². The first-order valence-electron chi connectivity index (χ1n) is 10.4. The van der Waals surface area contributed by atoms with Crippen molar-refractivity contribution in [3.05, 3.63) is 95.6 Å². The van der Waals surface area contributed by atoms with Gasteiger partial charge in [0.05, 0.1) is 15.4 Å². The Balaban J connectivity index is 1.48. The van der Waals surface area contributed by atoms with Crippen LogP contribution in [0.2, 0.25) is 0 Å². The molecular formula is C26H19NO6S. The van der Waals surface area contributed by atoms with Gasteiger partial charge < -0.3 is 20.6 Å². The number of nitrogens with one attached hydrogen (secondary N) is 1. The lowest BCUT2D eigenvalue weighted by Gasteiger charge is -2.13. The van der Waals surface area contributed by atoms with Crippen LogP contribution in [-0.2, 0) is 16.3 Å². The highest BCUT2D eigenvalue weighted by atomic mass is 32.2. The molecule has 7 nitrogen and oxygen atoms in total. The molecule has 0 fully saturated rings. The maximum absolute atomic E-state index is 13.0. The van der Waals surface area contributed by atoms with Gasteiger partial charge in [-0.15, -0.1) is 0 Å². The summed E-state index contributed by atoms with van der Waals surface area (Å²) in [5.41, 5.74) is 2.17. The summed E-state index contributed by atoms with van der Waals surface area (Å²) in [6.07, 6.45) is 0.218. The van der Waals surface area contributed by atoms with Crippen LogP contribution in [0.5, 0.6) is 17.2 Å². The summed E-state index contributed by atoms with van der Waals surface area (Å²) < 4.78 is 25.8. The molecular weight excluding hydrogens is 454 g/mol. The number of aromatic hydroxyl groups is 3. The molecule has 1 aliphatic rings. The molecule has 0 saturated heterocycles. The standard InChI is InChI=1S/C26H19NO6S/c28-23-16(12-15-6-2-1-3-7-15)13-20(24(29)25(23)30)26(31)27-17-10-11-19-18-8-4-5-9-21(18)34(32,33)22(19)14-17/h1-11,13-14,28-30H,12H2,(H,27,31). The van der Waals surface area contributed by atoms with E-state index in [-0.39, 0.29) is 33.0 Å². The predicted molar refractivity (Wildman–Crippen MR) is 126 cm³/mol. The molecule has 4 aromatic rings. The molecule has 0 spiro atoms. The third kappa shape index (κ3) is 3.45. The fraction of sp³-hybridized carbons (Fsp3) is 0.0385. The van der Waals surface area contributed by atoms with Gasteiger partial charge in [0.15, 0.2) is 11.5 Å². The number of benzene rings is 4. The number of hydrogen-bond donors (Lipinski definition) is 4. The van der Waals surface area contributed by atoms with Crippen LogP contribution in [0.1, 0.15) is 21.5 Å². The van der Waals surface area contributed by atoms with Crippen LogP contribution in [-0.4, -0.2) is 29.6 Å². The average Bonchev–Trinajstić information content (AvgIpc) is 3.07. The Hall–Kier alpha value is -4.30. The van der Waals surface area contributed by atoms with Gasteiger partial charge in [0.1, 0.15) is 0 Å². The molecule has 0 aliphatic carbocycles. The Morgan fingerprint density at radius 1 is 0.735 bits per heavy atom. The van der Waals surface area contributed by atoms with Crippen molar-refractivity contribution >= 4 is 21.4 Å². The number of amides is 1. The molecule has 0 saturated carbocycles. The zero-order valence-electron chi connectivity index (χ0n) is 17.7. The molecule has 170 valence electrons. The normalized spacial score (nSPS) is 13.2. The number of anilines is 1. The minimum absolute atomic E-state index is 0.0778. The summed E-state index contributed by atoms with van der Waals surface area (Å²) in [6, 6.07) is 21.6. The number of carbonyl (C=O) groups excluding carboxylic acids is 1. The zero-order valence-corrected chi connectivity index (χ0v) is 18.5. The van der Waals surface area contributed by atoms with Gasteiger partial charge in [0.2, 0.25) is 15.6 Å². The first-order valence-corrected chi connectivity index (χ1v) is 11.9. The summed E-state index contributed by atoms with van der Waals surface area (Å²) in [6.45, 7) is 0. The number of phenolic OH excluding ortho intramolecular Hbond substituents is 3. The van der Waals surface area contributed by atoms with Crippen molar-refractivity contribution in [2.24, 2.45) is 0 Å². The van der Waals surface area contributed by atoms with Crippen LogP contribution in [0, 0.1) is 0 Å². The molecule has 5 rings (SSSR count). The van der Waals surface area contributed by atoms with Crippen LogP contribution in [0.15, 0.2) is 88.7 Å². The largest absolute Gasteiger partial charge is 0.504 e. The molecule has 0 aromatic heterocycles. The van der Waals surface area contributed by atoms with E-state index in [1.807, 2.05) is 30.3 Å². The van der Waals surface area contributed by atoms with Gasteiger partial charge >= 0.3 is 0 Å². The summed E-state index contributed by atoms with van der Waals surface area (Å²) in [5, 5.41) is 33.4. The first kappa shape index (κ1) is 21.5. The smallest absolute Gasteiger partial charge is 0.259 e. The van der Waals surface area contributed by atoms with Crippen molar-refractivity contribution in [3.63, 3.8) is 0 Å². The molecule has 4 aromatic carbocycles. The predicted octanol–water partition coefficient (Wildman–Crippen LogP) is 4.46. The number of phenols is 3. The Morgan fingerprint density at radius 2 is 1.41 bits per heavy atom. The van der Waals surface area contributed by atoms with Gasteiger partial charge in [0, 0.05) is 28.8 Å². The Labute approximate surface area is 195 Å². The third-order valence-electron chi connectivity index (χ3n) is 5.80. The molecule has 0 atom stereocenters. The van der Waals surface area contributed by atoms with E-state index in [0.717, 1.165) is 5.56 Å². The second-order valence-electron chi connectivity index (χ2n) is 7.96.